The number of nitrogens with zero attached hydrogens (tertiary/aromatic N) is 1. The lowest BCUT2D eigenvalue weighted by Crippen LogP contribution is -2.38. The molecule has 0 aliphatic heterocycles. The highest BCUT2D eigenvalue weighted by molar-refractivity contribution is 7.12. The summed E-state index contributed by atoms with van der Waals surface area (Å²) in [6.45, 7) is 8.41. The maximum atomic E-state index is 6.27. The van der Waals surface area contributed by atoms with Crippen LogP contribution in [0.3, 0.4) is 0 Å². The number of thiophene rings is 1. The summed E-state index contributed by atoms with van der Waals surface area (Å²) in [5.74, 6) is 0. The van der Waals surface area contributed by atoms with Crippen molar-refractivity contribution in [2.75, 3.05) is 6.54 Å². The van der Waals surface area contributed by atoms with Gasteiger partial charge in [-0.2, -0.15) is 0 Å². The zero-order valence-corrected chi connectivity index (χ0v) is 13.4. The summed E-state index contributed by atoms with van der Waals surface area (Å²) in [6.07, 6.45) is 0. The van der Waals surface area contributed by atoms with Gasteiger partial charge in [-0.25, -0.2) is 0 Å². The van der Waals surface area contributed by atoms with E-state index in [4.69, 9.17) is 5.73 Å². The molecule has 2 rings (SSSR count). The van der Waals surface area contributed by atoms with Crippen LogP contribution < -0.4 is 5.73 Å². The van der Waals surface area contributed by atoms with Gasteiger partial charge in [-0.3, -0.25) is 4.90 Å². The summed E-state index contributed by atoms with van der Waals surface area (Å²) in [5.41, 5.74) is 7.61. The zero-order chi connectivity index (χ0) is 14.5. The van der Waals surface area contributed by atoms with E-state index in [-0.39, 0.29) is 6.04 Å². The van der Waals surface area contributed by atoms with Gasteiger partial charge in [-0.05, 0) is 38.1 Å². The molecule has 2 nitrogen and oxygen atoms in total. The smallest absolute Gasteiger partial charge is 0.0593 e. The highest BCUT2D eigenvalue weighted by Crippen LogP contribution is 2.30. The summed E-state index contributed by atoms with van der Waals surface area (Å²) in [6, 6.07) is 15.4. The number of hydrogen-bond acceptors (Lipinski definition) is 3. The summed E-state index contributed by atoms with van der Waals surface area (Å²) in [5, 5.41) is 0. The number of benzene rings is 1. The molecular formula is C17H24N2S. The Kier molecular flexibility index (Phi) is 5.35. The van der Waals surface area contributed by atoms with Gasteiger partial charge in [0.15, 0.2) is 0 Å². The van der Waals surface area contributed by atoms with Crippen molar-refractivity contribution in [2.24, 2.45) is 5.73 Å². The van der Waals surface area contributed by atoms with E-state index in [1.54, 1.807) is 0 Å². The van der Waals surface area contributed by atoms with Crippen molar-refractivity contribution in [3.8, 4) is 0 Å². The van der Waals surface area contributed by atoms with Gasteiger partial charge in [0.1, 0.15) is 0 Å². The first kappa shape index (κ1) is 15.2. The lowest BCUT2D eigenvalue weighted by atomic mass is 10.1. The van der Waals surface area contributed by atoms with E-state index in [9.17, 15) is 0 Å². The fraction of sp³-hybridized carbons (Fsp3) is 0.412. The first-order valence-corrected chi connectivity index (χ1v) is 8.03. The highest BCUT2D eigenvalue weighted by atomic mass is 32.1. The molecule has 2 aromatic rings. The molecule has 2 atom stereocenters. The maximum absolute atomic E-state index is 6.27. The minimum atomic E-state index is 0.122. The van der Waals surface area contributed by atoms with Crippen LogP contribution in [0, 0.1) is 6.92 Å². The summed E-state index contributed by atoms with van der Waals surface area (Å²) in [4.78, 5) is 5.18. The van der Waals surface area contributed by atoms with Crippen molar-refractivity contribution in [1.29, 1.82) is 0 Å². The first-order valence-electron chi connectivity index (χ1n) is 7.21. The molecule has 3 heteroatoms. The van der Waals surface area contributed by atoms with Crippen LogP contribution in [0.5, 0.6) is 0 Å². The Hall–Kier alpha value is -1.16. The van der Waals surface area contributed by atoms with Crippen LogP contribution in [0.1, 0.15) is 35.2 Å². The van der Waals surface area contributed by atoms with Crippen LogP contribution in [0.2, 0.25) is 0 Å². The van der Waals surface area contributed by atoms with E-state index in [0.29, 0.717) is 6.04 Å². The normalized spacial score (nSPS) is 14.4. The molecule has 0 spiro atoms. The lowest BCUT2D eigenvalue weighted by molar-refractivity contribution is 0.180. The summed E-state index contributed by atoms with van der Waals surface area (Å²) >= 11 is 1.86. The van der Waals surface area contributed by atoms with Gasteiger partial charge in [0.2, 0.25) is 0 Å². The monoisotopic (exact) mass is 288 g/mol. The van der Waals surface area contributed by atoms with Gasteiger partial charge in [-0.1, -0.05) is 37.3 Å². The fourth-order valence-electron chi connectivity index (χ4n) is 2.61. The molecule has 2 N–H and O–H groups in total. The Morgan fingerprint density at radius 2 is 1.85 bits per heavy atom. The Bertz CT molecular complexity index is 519. The van der Waals surface area contributed by atoms with E-state index in [2.05, 4.69) is 68.1 Å². The largest absolute Gasteiger partial charge is 0.326 e. The standard InChI is InChI=1S/C17H24N2S/c1-4-19(12-15-8-6-5-7-9-15)17(14(3)18)16-11-10-13(2)20-16/h5-11,14,17H,4,12,18H2,1-3H3. The maximum Gasteiger partial charge on any atom is 0.0593 e. The quantitative estimate of drug-likeness (QED) is 0.871. The molecule has 0 saturated carbocycles. The third kappa shape index (κ3) is 3.69. The van der Waals surface area contributed by atoms with E-state index in [1.807, 2.05) is 11.3 Å². The highest BCUT2D eigenvalue weighted by Gasteiger charge is 2.24. The Morgan fingerprint density at radius 3 is 2.35 bits per heavy atom. The molecular weight excluding hydrogens is 264 g/mol. The molecule has 20 heavy (non-hydrogen) atoms. The Balaban J connectivity index is 2.22. The molecule has 0 fully saturated rings. The molecule has 1 aromatic heterocycles. The molecule has 1 aromatic carbocycles. The zero-order valence-electron chi connectivity index (χ0n) is 12.5. The number of hydrogen-bond donors (Lipinski definition) is 1. The second-order valence-electron chi connectivity index (χ2n) is 5.30. The molecule has 0 aliphatic rings. The van der Waals surface area contributed by atoms with E-state index < -0.39 is 0 Å². The van der Waals surface area contributed by atoms with Crippen molar-refractivity contribution in [2.45, 2.75) is 39.4 Å². The van der Waals surface area contributed by atoms with Crippen molar-refractivity contribution in [1.82, 2.24) is 4.90 Å². The molecule has 0 radical (unpaired) electrons. The molecule has 0 amide bonds. The van der Waals surface area contributed by atoms with Crippen LogP contribution in [-0.4, -0.2) is 17.5 Å². The van der Waals surface area contributed by atoms with Gasteiger partial charge >= 0.3 is 0 Å². The van der Waals surface area contributed by atoms with E-state index in [0.717, 1.165) is 13.1 Å². The molecule has 1 heterocycles. The summed E-state index contributed by atoms with van der Waals surface area (Å²) in [7, 11) is 0. The van der Waals surface area contributed by atoms with E-state index in [1.165, 1.54) is 15.3 Å². The fourth-order valence-corrected chi connectivity index (χ4v) is 3.74. The van der Waals surface area contributed by atoms with Gasteiger partial charge in [0.25, 0.3) is 0 Å². The molecule has 0 saturated heterocycles. The Morgan fingerprint density at radius 1 is 1.15 bits per heavy atom. The predicted octanol–water partition coefficient (Wildman–Crippen LogP) is 3.97. The number of aryl methyl sites for hydroxylation is 1. The third-order valence-electron chi connectivity index (χ3n) is 3.58. The average molecular weight is 288 g/mol. The van der Waals surface area contributed by atoms with Gasteiger partial charge in [0.05, 0.1) is 6.04 Å². The van der Waals surface area contributed by atoms with Crippen molar-refractivity contribution >= 4 is 11.3 Å². The molecule has 0 aliphatic carbocycles. The predicted molar refractivity (Wildman–Crippen MR) is 88.0 cm³/mol. The van der Waals surface area contributed by atoms with Crippen molar-refractivity contribution in [3.63, 3.8) is 0 Å². The third-order valence-corrected chi connectivity index (χ3v) is 4.65. The topological polar surface area (TPSA) is 29.3 Å². The van der Waals surface area contributed by atoms with E-state index >= 15 is 0 Å². The lowest BCUT2D eigenvalue weighted by Gasteiger charge is -2.33. The van der Waals surface area contributed by atoms with Gasteiger partial charge < -0.3 is 5.73 Å². The van der Waals surface area contributed by atoms with Gasteiger partial charge in [-0.15, -0.1) is 11.3 Å². The van der Waals surface area contributed by atoms with Crippen molar-refractivity contribution < 1.29 is 0 Å². The molecule has 0 bridgehead atoms. The molecule has 2 unspecified atom stereocenters. The van der Waals surface area contributed by atoms with Crippen LogP contribution in [-0.2, 0) is 6.54 Å². The number of nitrogens with two attached hydrogens (primary N) is 1. The van der Waals surface area contributed by atoms with Gasteiger partial charge in [0, 0.05) is 22.3 Å². The van der Waals surface area contributed by atoms with Crippen LogP contribution in [0.4, 0.5) is 0 Å². The minimum Gasteiger partial charge on any atom is -0.326 e. The average Bonchev–Trinajstić information content (AvgIpc) is 2.85. The number of likely N-dealkylation sites (N-methyl/N-ethyl adjacent to an activating group) is 1. The second-order valence-corrected chi connectivity index (χ2v) is 6.62. The van der Waals surface area contributed by atoms with Crippen LogP contribution in [0.15, 0.2) is 42.5 Å². The second kappa shape index (κ2) is 7.02. The minimum absolute atomic E-state index is 0.122. The molecule has 108 valence electrons. The SMILES string of the molecule is CCN(Cc1ccccc1)C(c1ccc(C)s1)C(C)N. The summed E-state index contributed by atoms with van der Waals surface area (Å²) < 4.78 is 0. The van der Waals surface area contributed by atoms with Crippen LogP contribution in [0.25, 0.3) is 0 Å². The Labute approximate surface area is 126 Å². The number of rotatable bonds is 6. The first-order chi connectivity index (χ1) is 9.61. The van der Waals surface area contributed by atoms with Crippen LogP contribution >= 0.6 is 11.3 Å². The van der Waals surface area contributed by atoms with Crippen molar-refractivity contribution in [3.05, 3.63) is 57.8 Å².